The van der Waals surface area contributed by atoms with Crippen LogP contribution in [0.4, 0.5) is 0 Å². The lowest BCUT2D eigenvalue weighted by Gasteiger charge is -2.01. The molecular formula is C5H9NO. The second kappa shape index (κ2) is 3.51. The molecule has 0 aliphatic carbocycles. The molecule has 0 saturated carbocycles. The van der Waals surface area contributed by atoms with Crippen LogP contribution in [-0.4, -0.2) is 23.8 Å². The van der Waals surface area contributed by atoms with Crippen molar-refractivity contribution in [2.45, 2.75) is 6.92 Å². The van der Waals surface area contributed by atoms with Gasteiger partial charge in [0.2, 0.25) is 0 Å². The van der Waals surface area contributed by atoms with Crippen LogP contribution < -0.4 is 0 Å². The van der Waals surface area contributed by atoms with E-state index >= 15 is 0 Å². The quantitative estimate of drug-likeness (QED) is 0.281. The Labute approximate surface area is 43.8 Å². The Balaban J connectivity index is 3.29. The van der Waals surface area contributed by atoms with Crippen LogP contribution in [0.25, 0.3) is 0 Å². The predicted molar refractivity (Wildman–Crippen MR) is 28.3 cm³/mol. The van der Waals surface area contributed by atoms with Gasteiger partial charge in [-0.3, -0.25) is 0 Å². The van der Waals surface area contributed by atoms with E-state index in [9.17, 15) is 0 Å². The van der Waals surface area contributed by atoms with Crippen molar-refractivity contribution in [1.29, 1.82) is 0 Å². The zero-order chi connectivity index (χ0) is 5.70. The molecule has 7 heavy (non-hydrogen) atoms. The lowest BCUT2D eigenvalue weighted by Crippen LogP contribution is -2.11. The fourth-order valence-corrected chi connectivity index (χ4v) is 0.226. The topological polar surface area (TPSA) is 23.5 Å². The van der Waals surface area contributed by atoms with Gasteiger partial charge in [0, 0.05) is 13.1 Å². The van der Waals surface area contributed by atoms with E-state index in [0.29, 0.717) is 0 Å². The highest BCUT2D eigenvalue weighted by atomic mass is 16.3. The van der Waals surface area contributed by atoms with Crippen molar-refractivity contribution in [1.82, 2.24) is 4.90 Å². The average Bonchev–Trinajstić information content (AvgIpc) is 1.68. The number of aliphatic hydroxyl groups is 1. The molecule has 0 heterocycles. The molecule has 0 spiro atoms. The van der Waals surface area contributed by atoms with Gasteiger partial charge in [-0.05, 0) is 6.92 Å². The molecule has 0 radical (unpaired) electrons. The first-order valence-corrected chi connectivity index (χ1v) is 2.05. The van der Waals surface area contributed by atoms with Gasteiger partial charge in [-0.25, -0.2) is 0 Å². The van der Waals surface area contributed by atoms with Crippen LogP contribution in [0.2, 0.25) is 0 Å². The summed E-state index contributed by atoms with van der Waals surface area (Å²) < 4.78 is 0. The summed E-state index contributed by atoms with van der Waals surface area (Å²) >= 11 is 0. The highest BCUT2D eigenvalue weighted by Crippen LogP contribution is 1.68. The summed E-state index contributed by atoms with van der Waals surface area (Å²) in [6.07, 6.45) is 0. The van der Waals surface area contributed by atoms with Crippen molar-refractivity contribution in [3.63, 3.8) is 0 Å². The van der Waals surface area contributed by atoms with Crippen LogP contribution in [0, 0.1) is 12.0 Å². The summed E-state index contributed by atoms with van der Waals surface area (Å²) in [5.74, 6) is 2.63. The standard InChI is InChI=1S/C5H9NO/c1-3-4-6(2)5-7/h7H,5H2,1-2H3. The molecule has 0 aromatic heterocycles. The van der Waals surface area contributed by atoms with Crippen molar-refractivity contribution in [2.75, 3.05) is 13.8 Å². The van der Waals surface area contributed by atoms with Gasteiger partial charge in [0.25, 0.3) is 0 Å². The first-order valence-electron chi connectivity index (χ1n) is 2.05. The van der Waals surface area contributed by atoms with Gasteiger partial charge >= 0.3 is 0 Å². The predicted octanol–water partition coefficient (Wildman–Crippen LogP) is -0.151. The normalized spacial score (nSPS) is 6.71. The molecule has 40 valence electrons. The molecule has 0 aromatic carbocycles. The summed E-state index contributed by atoms with van der Waals surface area (Å²) in [4.78, 5) is 1.50. The Kier molecular flexibility index (Phi) is 3.17. The van der Waals surface area contributed by atoms with E-state index in [1.54, 1.807) is 14.0 Å². The maximum Gasteiger partial charge on any atom is 0.122 e. The van der Waals surface area contributed by atoms with Crippen molar-refractivity contribution in [3.05, 3.63) is 0 Å². The molecular weight excluding hydrogens is 90.1 g/mol. The molecule has 0 bridgehead atoms. The van der Waals surface area contributed by atoms with Crippen LogP contribution in [0.5, 0.6) is 0 Å². The third-order valence-corrected chi connectivity index (χ3v) is 0.515. The molecule has 2 heteroatoms. The summed E-state index contributed by atoms with van der Waals surface area (Å²) in [6, 6.07) is 2.63. The van der Waals surface area contributed by atoms with Gasteiger partial charge in [0.1, 0.15) is 6.73 Å². The van der Waals surface area contributed by atoms with Crippen molar-refractivity contribution < 1.29 is 5.11 Å². The minimum absolute atomic E-state index is 0.000833. The van der Waals surface area contributed by atoms with E-state index in [0.717, 1.165) is 0 Å². The Bertz CT molecular complexity index is 90.0. The number of nitrogens with zero attached hydrogens (tertiary/aromatic N) is 1. The fourth-order valence-electron chi connectivity index (χ4n) is 0.226. The molecule has 0 fully saturated rings. The van der Waals surface area contributed by atoms with Gasteiger partial charge in [-0.2, -0.15) is 0 Å². The van der Waals surface area contributed by atoms with Gasteiger partial charge < -0.3 is 10.0 Å². The van der Waals surface area contributed by atoms with Gasteiger partial charge in [0.15, 0.2) is 0 Å². The van der Waals surface area contributed by atoms with Crippen LogP contribution in [0.1, 0.15) is 6.92 Å². The van der Waals surface area contributed by atoms with Crippen LogP contribution >= 0.6 is 0 Å². The molecule has 0 aromatic rings. The first-order chi connectivity index (χ1) is 3.31. The van der Waals surface area contributed by atoms with E-state index in [1.165, 1.54) is 4.90 Å². The van der Waals surface area contributed by atoms with Crippen LogP contribution in [0.3, 0.4) is 0 Å². The summed E-state index contributed by atoms with van der Waals surface area (Å²) in [5.41, 5.74) is 0. The van der Waals surface area contributed by atoms with E-state index in [2.05, 4.69) is 12.0 Å². The summed E-state index contributed by atoms with van der Waals surface area (Å²) in [5, 5.41) is 8.29. The van der Waals surface area contributed by atoms with Crippen molar-refractivity contribution in [3.8, 4) is 12.0 Å². The minimum atomic E-state index is 0.000833. The zero-order valence-electron chi connectivity index (χ0n) is 4.60. The van der Waals surface area contributed by atoms with Gasteiger partial charge in [0.05, 0.1) is 0 Å². The molecule has 0 unspecified atom stereocenters. The lowest BCUT2D eigenvalue weighted by molar-refractivity contribution is 0.183. The van der Waals surface area contributed by atoms with E-state index in [-0.39, 0.29) is 6.73 Å². The third-order valence-electron chi connectivity index (χ3n) is 0.515. The molecule has 0 rings (SSSR count). The molecule has 0 amide bonds. The summed E-state index contributed by atoms with van der Waals surface area (Å²) in [7, 11) is 1.72. The maximum atomic E-state index is 8.29. The number of hydrogen-bond acceptors (Lipinski definition) is 2. The zero-order valence-corrected chi connectivity index (χ0v) is 4.60. The Morgan fingerprint density at radius 1 is 1.71 bits per heavy atom. The fraction of sp³-hybridized carbons (Fsp3) is 0.600. The first kappa shape index (κ1) is 6.32. The van der Waals surface area contributed by atoms with E-state index < -0.39 is 0 Å². The second-order valence-corrected chi connectivity index (χ2v) is 1.20. The molecule has 0 aliphatic heterocycles. The Hall–Kier alpha value is -0.680. The van der Waals surface area contributed by atoms with Crippen molar-refractivity contribution >= 4 is 0 Å². The molecule has 1 N–H and O–H groups in total. The van der Waals surface area contributed by atoms with Crippen LogP contribution in [-0.2, 0) is 0 Å². The van der Waals surface area contributed by atoms with E-state index in [4.69, 9.17) is 5.11 Å². The van der Waals surface area contributed by atoms with E-state index in [1.807, 2.05) is 0 Å². The van der Waals surface area contributed by atoms with Crippen molar-refractivity contribution in [2.24, 2.45) is 0 Å². The summed E-state index contributed by atoms with van der Waals surface area (Å²) in [6.45, 7) is 1.73. The highest BCUT2D eigenvalue weighted by Gasteiger charge is 1.77. The van der Waals surface area contributed by atoms with Crippen LogP contribution in [0.15, 0.2) is 0 Å². The third kappa shape index (κ3) is 3.14. The lowest BCUT2D eigenvalue weighted by atomic mass is 10.7. The van der Waals surface area contributed by atoms with Gasteiger partial charge in [-0.1, -0.05) is 5.92 Å². The average molecular weight is 99.1 g/mol. The van der Waals surface area contributed by atoms with Gasteiger partial charge in [-0.15, -0.1) is 0 Å². The number of aliphatic hydroxyl groups excluding tert-OH is 1. The molecule has 0 saturated heterocycles. The Morgan fingerprint density at radius 2 is 2.29 bits per heavy atom. The monoisotopic (exact) mass is 99.1 g/mol. The number of rotatable bonds is 1. The molecule has 0 aliphatic rings. The largest absolute Gasteiger partial charge is 0.376 e. The SMILES string of the molecule is CC#CN(C)CO. The maximum absolute atomic E-state index is 8.29. The molecule has 0 atom stereocenters. The minimum Gasteiger partial charge on any atom is -0.376 e. The highest BCUT2D eigenvalue weighted by molar-refractivity contribution is 4.92. The smallest absolute Gasteiger partial charge is 0.122 e. The number of hydrogen-bond donors (Lipinski definition) is 1. The second-order valence-electron chi connectivity index (χ2n) is 1.20. The molecule has 2 nitrogen and oxygen atoms in total. The Morgan fingerprint density at radius 3 is 2.43 bits per heavy atom.